The lowest BCUT2D eigenvalue weighted by atomic mass is 10.1. The Morgan fingerprint density at radius 2 is 2.13 bits per heavy atom. The van der Waals surface area contributed by atoms with Crippen LogP contribution in [-0.4, -0.2) is 5.78 Å². The van der Waals surface area contributed by atoms with Crippen molar-refractivity contribution in [1.82, 2.24) is 0 Å². The number of hydrogen-bond acceptors (Lipinski definition) is 3. The van der Waals surface area contributed by atoms with E-state index in [-0.39, 0.29) is 5.78 Å². The quantitative estimate of drug-likeness (QED) is 0.678. The van der Waals surface area contributed by atoms with Gasteiger partial charge in [0.05, 0.1) is 4.88 Å². The zero-order chi connectivity index (χ0) is 10.8. The molecule has 0 bridgehead atoms. The van der Waals surface area contributed by atoms with Crippen LogP contribution < -0.4 is 5.73 Å². The van der Waals surface area contributed by atoms with Gasteiger partial charge >= 0.3 is 0 Å². The van der Waals surface area contributed by atoms with Crippen LogP contribution in [0.25, 0.3) is 0 Å². The van der Waals surface area contributed by atoms with E-state index in [4.69, 9.17) is 5.73 Å². The highest BCUT2D eigenvalue weighted by Crippen LogP contribution is 2.25. The van der Waals surface area contributed by atoms with Crippen molar-refractivity contribution in [3.05, 3.63) is 50.6 Å². The molecule has 0 spiro atoms. The monoisotopic (exact) mass is 281 g/mol. The summed E-state index contributed by atoms with van der Waals surface area (Å²) < 4.78 is 0.833. The van der Waals surface area contributed by atoms with Crippen molar-refractivity contribution < 1.29 is 4.79 Å². The number of rotatable bonds is 2. The molecule has 0 amide bonds. The lowest BCUT2D eigenvalue weighted by Gasteiger charge is -2.00. The van der Waals surface area contributed by atoms with Crippen LogP contribution in [0.1, 0.15) is 15.2 Å². The molecule has 1 aromatic heterocycles. The zero-order valence-electron chi connectivity index (χ0n) is 7.74. The third kappa shape index (κ3) is 2.11. The smallest absolute Gasteiger partial charge is 0.204 e. The Morgan fingerprint density at radius 3 is 2.73 bits per heavy atom. The Bertz CT molecular complexity index is 507. The largest absolute Gasteiger partial charge is 0.399 e. The Hall–Kier alpha value is -1.13. The summed E-state index contributed by atoms with van der Waals surface area (Å²) in [5.74, 6) is 0.00387. The third-order valence-electron chi connectivity index (χ3n) is 1.97. The molecule has 2 nitrogen and oxygen atoms in total. The molecule has 0 radical (unpaired) electrons. The van der Waals surface area contributed by atoms with Gasteiger partial charge in [0.2, 0.25) is 5.78 Å². The first-order valence-electron chi connectivity index (χ1n) is 4.31. The predicted molar refractivity (Wildman–Crippen MR) is 66.3 cm³/mol. The van der Waals surface area contributed by atoms with Crippen molar-refractivity contribution in [2.24, 2.45) is 0 Å². The molecule has 1 heterocycles. The fourth-order valence-electron chi connectivity index (χ4n) is 1.27. The molecule has 0 aliphatic heterocycles. The minimum atomic E-state index is 0.00387. The van der Waals surface area contributed by atoms with Crippen LogP contribution in [0.4, 0.5) is 5.69 Å². The molecule has 0 fully saturated rings. The molecule has 1 aromatic carbocycles. The molecule has 0 atom stereocenters. The van der Waals surface area contributed by atoms with Crippen molar-refractivity contribution >= 4 is 38.7 Å². The van der Waals surface area contributed by atoms with Gasteiger partial charge in [-0.25, -0.2) is 0 Å². The van der Waals surface area contributed by atoms with Crippen LogP contribution >= 0.6 is 27.3 Å². The molecule has 0 saturated heterocycles. The van der Waals surface area contributed by atoms with Crippen LogP contribution in [0.2, 0.25) is 0 Å². The van der Waals surface area contributed by atoms with Crippen molar-refractivity contribution in [2.45, 2.75) is 0 Å². The number of carbonyl (C=O) groups excluding carboxylic acids is 1. The van der Waals surface area contributed by atoms with Gasteiger partial charge in [-0.15, -0.1) is 11.3 Å². The number of nitrogen functional groups attached to an aromatic ring is 1. The molecule has 76 valence electrons. The lowest BCUT2D eigenvalue weighted by molar-refractivity contribution is 0.104. The van der Waals surface area contributed by atoms with E-state index in [1.165, 1.54) is 11.3 Å². The van der Waals surface area contributed by atoms with Crippen molar-refractivity contribution in [3.63, 3.8) is 0 Å². The lowest BCUT2D eigenvalue weighted by Crippen LogP contribution is -2.00. The number of anilines is 1. The average molecular weight is 282 g/mol. The number of thiophene rings is 1. The molecule has 0 unspecified atom stereocenters. The van der Waals surface area contributed by atoms with Gasteiger partial charge in [-0.2, -0.15) is 0 Å². The van der Waals surface area contributed by atoms with E-state index >= 15 is 0 Å². The Morgan fingerprint density at radius 1 is 1.33 bits per heavy atom. The van der Waals surface area contributed by atoms with Crippen molar-refractivity contribution in [3.8, 4) is 0 Å². The minimum Gasteiger partial charge on any atom is -0.399 e. The van der Waals surface area contributed by atoms with Gasteiger partial charge in [-0.05, 0) is 39.5 Å². The average Bonchev–Trinajstić information content (AvgIpc) is 2.63. The van der Waals surface area contributed by atoms with Gasteiger partial charge in [0, 0.05) is 15.7 Å². The van der Waals surface area contributed by atoms with Crippen molar-refractivity contribution in [1.29, 1.82) is 0 Å². The van der Waals surface area contributed by atoms with Gasteiger partial charge < -0.3 is 5.73 Å². The predicted octanol–water partition coefficient (Wildman–Crippen LogP) is 3.32. The van der Waals surface area contributed by atoms with Crippen LogP contribution in [0.3, 0.4) is 0 Å². The van der Waals surface area contributed by atoms with E-state index in [9.17, 15) is 4.79 Å². The van der Waals surface area contributed by atoms with Gasteiger partial charge in [0.25, 0.3) is 0 Å². The molecule has 15 heavy (non-hydrogen) atoms. The maximum absolute atomic E-state index is 12.0. The van der Waals surface area contributed by atoms with Gasteiger partial charge in [0.1, 0.15) is 0 Å². The first-order chi connectivity index (χ1) is 7.18. The van der Waals surface area contributed by atoms with Gasteiger partial charge in [-0.3, -0.25) is 4.79 Å². The maximum Gasteiger partial charge on any atom is 0.204 e. The van der Waals surface area contributed by atoms with E-state index in [1.54, 1.807) is 24.3 Å². The van der Waals surface area contributed by atoms with E-state index in [2.05, 4.69) is 15.9 Å². The second kappa shape index (κ2) is 4.16. The summed E-state index contributed by atoms with van der Waals surface area (Å²) in [7, 11) is 0. The van der Waals surface area contributed by atoms with Crippen LogP contribution in [-0.2, 0) is 0 Å². The Labute approximate surface area is 99.9 Å². The molecule has 2 N–H and O–H groups in total. The van der Waals surface area contributed by atoms with E-state index < -0.39 is 0 Å². The maximum atomic E-state index is 12.0. The SMILES string of the molecule is Nc1cccc(C(=O)c2sccc2Br)c1. The summed E-state index contributed by atoms with van der Waals surface area (Å²) in [6.45, 7) is 0. The Balaban J connectivity index is 2.41. The molecular weight excluding hydrogens is 274 g/mol. The van der Waals surface area contributed by atoms with Gasteiger partial charge in [-0.1, -0.05) is 12.1 Å². The minimum absolute atomic E-state index is 0.00387. The summed E-state index contributed by atoms with van der Waals surface area (Å²) in [5, 5.41) is 1.88. The van der Waals surface area contributed by atoms with E-state index in [1.807, 2.05) is 11.4 Å². The third-order valence-corrected chi connectivity index (χ3v) is 3.81. The molecule has 2 rings (SSSR count). The standard InChI is InChI=1S/C11H8BrNOS/c12-9-4-5-15-11(9)10(14)7-2-1-3-8(13)6-7/h1-6H,13H2. The summed E-state index contributed by atoms with van der Waals surface area (Å²) in [6, 6.07) is 8.87. The normalized spacial score (nSPS) is 10.2. The van der Waals surface area contributed by atoms with Crippen LogP contribution in [0, 0.1) is 0 Å². The number of carbonyl (C=O) groups is 1. The van der Waals surface area contributed by atoms with Crippen molar-refractivity contribution in [2.75, 3.05) is 5.73 Å². The fourth-order valence-corrected chi connectivity index (χ4v) is 2.78. The molecule has 0 aliphatic carbocycles. The number of ketones is 1. The number of hydrogen-bond donors (Lipinski definition) is 1. The highest BCUT2D eigenvalue weighted by molar-refractivity contribution is 9.10. The fraction of sp³-hybridized carbons (Fsp3) is 0. The Kier molecular flexibility index (Phi) is 2.88. The topological polar surface area (TPSA) is 43.1 Å². The molecule has 0 aliphatic rings. The molecule has 4 heteroatoms. The summed E-state index contributed by atoms with van der Waals surface area (Å²) in [4.78, 5) is 12.7. The molecule has 2 aromatic rings. The number of nitrogens with two attached hydrogens (primary N) is 1. The van der Waals surface area contributed by atoms with Gasteiger partial charge in [0.15, 0.2) is 0 Å². The molecule has 0 saturated carbocycles. The van der Waals surface area contributed by atoms with Crippen LogP contribution in [0.15, 0.2) is 40.2 Å². The summed E-state index contributed by atoms with van der Waals surface area (Å²) in [6.07, 6.45) is 0. The first-order valence-corrected chi connectivity index (χ1v) is 5.99. The highest BCUT2D eigenvalue weighted by atomic mass is 79.9. The number of benzene rings is 1. The summed E-state index contributed by atoms with van der Waals surface area (Å²) in [5.41, 5.74) is 6.86. The highest BCUT2D eigenvalue weighted by Gasteiger charge is 2.13. The van der Waals surface area contributed by atoms with Crippen LogP contribution in [0.5, 0.6) is 0 Å². The van der Waals surface area contributed by atoms with E-state index in [0.29, 0.717) is 16.1 Å². The van der Waals surface area contributed by atoms with E-state index in [0.717, 1.165) is 4.47 Å². The zero-order valence-corrected chi connectivity index (χ0v) is 10.1. The second-order valence-corrected chi connectivity index (χ2v) is 4.82. The second-order valence-electron chi connectivity index (χ2n) is 3.05. The summed E-state index contributed by atoms with van der Waals surface area (Å²) >= 11 is 4.76. The first kappa shape index (κ1) is 10.4. The molecular formula is C11H8BrNOS. The number of halogens is 1.